The highest BCUT2D eigenvalue weighted by atomic mass is 16.5. The van der Waals surface area contributed by atoms with Gasteiger partial charge in [0.15, 0.2) is 5.65 Å². The maximum absolute atomic E-state index is 12.7. The van der Waals surface area contributed by atoms with Gasteiger partial charge in [-0.3, -0.25) is 4.79 Å². The third-order valence-electron chi connectivity index (χ3n) is 5.16. The second-order valence-electron chi connectivity index (χ2n) is 7.08. The van der Waals surface area contributed by atoms with Crippen molar-refractivity contribution in [3.8, 4) is 0 Å². The molecule has 142 valence electrons. The Morgan fingerprint density at radius 3 is 2.85 bits per heavy atom. The lowest BCUT2D eigenvalue weighted by Crippen LogP contribution is -2.38. The molecule has 27 heavy (non-hydrogen) atoms. The number of aryl methyl sites for hydroxylation is 1. The molecule has 0 radical (unpaired) electrons. The van der Waals surface area contributed by atoms with E-state index in [2.05, 4.69) is 15.6 Å². The lowest BCUT2D eigenvalue weighted by atomic mass is 9.91. The molecule has 2 aromatic heterocycles. The van der Waals surface area contributed by atoms with Crippen LogP contribution in [0.5, 0.6) is 0 Å². The molecular weight excluding hydrogens is 342 g/mol. The van der Waals surface area contributed by atoms with Gasteiger partial charge < -0.3 is 15.4 Å². The second-order valence-corrected chi connectivity index (χ2v) is 7.08. The first kappa shape index (κ1) is 17.7. The molecule has 2 unspecified atom stereocenters. The molecule has 2 atom stereocenters. The van der Waals surface area contributed by atoms with E-state index >= 15 is 0 Å². The Balaban J connectivity index is 1.81. The number of anilines is 1. The van der Waals surface area contributed by atoms with Crippen LogP contribution in [0.15, 0.2) is 30.5 Å². The fourth-order valence-electron chi connectivity index (χ4n) is 3.66. The van der Waals surface area contributed by atoms with Gasteiger partial charge in [-0.2, -0.15) is 0 Å². The molecule has 7 nitrogen and oxygen atoms in total. The first-order valence-corrected chi connectivity index (χ1v) is 9.47. The van der Waals surface area contributed by atoms with E-state index in [0.717, 1.165) is 54.1 Å². The molecule has 0 spiro atoms. The Labute approximate surface area is 158 Å². The largest absolute Gasteiger partial charge is 0.376 e. The van der Waals surface area contributed by atoms with Crippen LogP contribution in [0.2, 0.25) is 0 Å². The number of methoxy groups -OCH3 is 1. The summed E-state index contributed by atoms with van der Waals surface area (Å²) in [6, 6.07) is 2.03. The van der Waals surface area contributed by atoms with E-state index in [1.165, 1.54) is 0 Å². The molecule has 3 heterocycles. The van der Waals surface area contributed by atoms with Crippen molar-refractivity contribution >= 4 is 22.9 Å². The first-order valence-electron chi connectivity index (χ1n) is 9.47. The Morgan fingerprint density at radius 1 is 1.22 bits per heavy atom. The van der Waals surface area contributed by atoms with Crippen LogP contribution in [0.4, 0.5) is 5.82 Å². The van der Waals surface area contributed by atoms with Crippen LogP contribution in [0, 0.1) is 12.8 Å². The minimum Gasteiger partial charge on any atom is -0.376 e. The van der Waals surface area contributed by atoms with Crippen molar-refractivity contribution < 1.29 is 9.53 Å². The summed E-state index contributed by atoms with van der Waals surface area (Å²) in [7, 11) is 1.63. The molecule has 0 fully saturated rings. The zero-order valence-corrected chi connectivity index (χ0v) is 15.7. The van der Waals surface area contributed by atoms with Gasteiger partial charge in [0.2, 0.25) is 5.91 Å². The Kier molecular flexibility index (Phi) is 4.94. The van der Waals surface area contributed by atoms with Crippen LogP contribution < -0.4 is 10.6 Å². The number of carbonyl (C=O) groups excluding carboxylic acids is 1. The predicted octanol–water partition coefficient (Wildman–Crippen LogP) is 2.33. The topological polar surface area (TPSA) is 80.5 Å². The number of hydrogen-bond acceptors (Lipinski definition) is 5. The second kappa shape index (κ2) is 7.52. The van der Waals surface area contributed by atoms with E-state index < -0.39 is 0 Å². The van der Waals surface area contributed by atoms with Crippen molar-refractivity contribution in [3.05, 3.63) is 41.7 Å². The van der Waals surface area contributed by atoms with Gasteiger partial charge in [-0.15, -0.1) is 5.10 Å². The highest BCUT2D eigenvalue weighted by molar-refractivity contribution is 5.87. The summed E-state index contributed by atoms with van der Waals surface area (Å²) in [5, 5.41) is 11.2. The van der Waals surface area contributed by atoms with Gasteiger partial charge >= 0.3 is 0 Å². The van der Waals surface area contributed by atoms with Crippen molar-refractivity contribution in [1.29, 1.82) is 0 Å². The number of fused-ring (bicyclic) bond motifs is 3. The molecule has 0 aromatic carbocycles. The highest BCUT2D eigenvalue weighted by Gasteiger charge is 2.28. The van der Waals surface area contributed by atoms with Crippen LogP contribution in [-0.2, 0) is 9.53 Å². The van der Waals surface area contributed by atoms with Gasteiger partial charge in [0, 0.05) is 20.2 Å². The molecule has 4 rings (SSSR count). The summed E-state index contributed by atoms with van der Waals surface area (Å²) >= 11 is 0. The number of aromatic nitrogens is 3. The Bertz CT molecular complexity index is 914. The number of hydrogen-bond donors (Lipinski definition) is 2. The average molecular weight is 367 g/mol. The lowest BCUT2D eigenvalue weighted by Gasteiger charge is -2.24. The smallest absolute Gasteiger partial charge is 0.229 e. The van der Waals surface area contributed by atoms with Crippen LogP contribution in [-0.4, -0.2) is 46.8 Å². The summed E-state index contributed by atoms with van der Waals surface area (Å²) in [6.45, 7) is 3.57. The Hall–Kier alpha value is -2.67. The van der Waals surface area contributed by atoms with Gasteiger partial charge in [-0.25, -0.2) is 9.50 Å². The molecule has 0 saturated carbocycles. The zero-order chi connectivity index (χ0) is 18.8. The standard InChI is InChI=1S/C20H25N5O2/c1-13-10-18-21-8-4-3-5-9-22-20(26)15-11-14(6-7-17(15)27-2)16-12-23-19(13)25(16)24-18/h6-7,10-12,15,17H,3-5,8-9H2,1-2H3,(H,21,24)(H,22,26). The lowest BCUT2D eigenvalue weighted by molar-refractivity contribution is -0.126. The predicted molar refractivity (Wildman–Crippen MR) is 104 cm³/mol. The van der Waals surface area contributed by atoms with Gasteiger partial charge in [0.05, 0.1) is 23.9 Å². The quantitative estimate of drug-likeness (QED) is 0.809. The third kappa shape index (κ3) is 3.47. The summed E-state index contributed by atoms with van der Waals surface area (Å²) in [5.74, 6) is 0.471. The number of amides is 1. The molecule has 2 N–H and O–H groups in total. The zero-order valence-electron chi connectivity index (χ0n) is 15.7. The summed E-state index contributed by atoms with van der Waals surface area (Å²) in [6.07, 6.45) is 10.5. The van der Waals surface area contributed by atoms with Crippen molar-refractivity contribution in [1.82, 2.24) is 19.9 Å². The number of ether oxygens (including phenoxy) is 1. The van der Waals surface area contributed by atoms with Crippen LogP contribution in [0.3, 0.4) is 0 Å². The maximum Gasteiger partial charge on any atom is 0.229 e. The monoisotopic (exact) mass is 367 g/mol. The van der Waals surface area contributed by atoms with E-state index in [1.54, 1.807) is 7.11 Å². The molecule has 1 aliphatic heterocycles. The maximum atomic E-state index is 12.7. The van der Waals surface area contributed by atoms with Crippen molar-refractivity contribution in [2.24, 2.45) is 5.92 Å². The van der Waals surface area contributed by atoms with Crippen LogP contribution in [0.25, 0.3) is 11.2 Å². The molecule has 2 aromatic rings. The molecule has 1 aliphatic carbocycles. The molecule has 1 amide bonds. The van der Waals surface area contributed by atoms with Gasteiger partial charge in [-0.1, -0.05) is 18.2 Å². The van der Waals surface area contributed by atoms with Crippen LogP contribution >= 0.6 is 0 Å². The summed E-state index contributed by atoms with van der Waals surface area (Å²) in [4.78, 5) is 17.3. The van der Waals surface area contributed by atoms with Gasteiger partial charge in [0.25, 0.3) is 0 Å². The molecule has 7 heteroatoms. The molecule has 2 aliphatic rings. The van der Waals surface area contributed by atoms with E-state index in [0.29, 0.717) is 6.54 Å². The van der Waals surface area contributed by atoms with E-state index in [4.69, 9.17) is 9.84 Å². The molecule has 4 bridgehead atoms. The number of rotatable bonds is 1. The Morgan fingerprint density at radius 2 is 2.04 bits per heavy atom. The van der Waals surface area contributed by atoms with Gasteiger partial charge in [-0.05, 0) is 43.4 Å². The minimum atomic E-state index is -0.368. The first-order chi connectivity index (χ1) is 13.2. The normalized spacial score (nSPS) is 23.3. The number of imidazole rings is 1. The summed E-state index contributed by atoms with van der Waals surface area (Å²) < 4.78 is 7.37. The van der Waals surface area contributed by atoms with E-state index in [1.807, 2.05) is 41.9 Å². The fraction of sp³-hybridized carbons (Fsp3) is 0.450. The fourth-order valence-corrected chi connectivity index (χ4v) is 3.66. The average Bonchev–Trinajstić information content (AvgIpc) is 3.10. The number of nitrogens with zero attached hydrogens (tertiary/aromatic N) is 3. The summed E-state index contributed by atoms with van der Waals surface area (Å²) in [5.41, 5.74) is 3.68. The highest BCUT2D eigenvalue weighted by Crippen LogP contribution is 2.28. The van der Waals surface area contributed by atoms with E-state index in [9.17, 15) is 4.79 Å². The number of nitrogens with one attached hydrogen (secondary N) is 2. The van der Waals surface area contributed by atoms with Crippen molar-refractivity contribution in [3.63, 3.8) is 0 Å². The number of carbonyl (C=O) groups is 1. The SMILES string of the molecule is COC1C=CC2=CC1C(=O)NCCCCCNc1cc(C)c3ncc2n3n1. The minimum absolute atomic E-state index is 0.00431. The van der Waals surface area contributed by atoms with Crippen LogP contribution in [0.1, 0.15) is 30.5 Å². The van der Waals surface area contributed by atoms with Crippen molar-refractivity contribution in [2.45, 2.75) is 32.3 Å². The third-order valence-corrected chi connectivity index (χ3v) is 5.16. The molecular formula is C20H25N5O2. The number of allylic oxidation sites excluding steroid dienone is 2. The van der Waals surface area contributed by atoms with Gasteiger partial charge in [0.1, 0.15) is 5.82 Å². The van der Waals surface area contributed by atoms with Crippen molar-refractivity contribution in [2.75, 3.05) is 25.5 Å². The molecule has 0 saturated heterocycles. The van der Waals surface area contributed by atoms with E-state index in [-0.39, 0.29) is 17.9 Å².